The second-order valence-electron chi connectivity index (χ2n) is 6.25. The van der Waals surface area contributed by atoms with Crippen LogP contribution in [0.5, 0.6) is 0 Å². The Morgan fingerprint density at radius 3 is 3.00 bits per heavy atom. The lowest BCUT2D eigenvalue weighted by atomic mass is 10.0. The van der Waals surface area contributed by atoms with Crippen molar-refractivity contribution in [3.63, 3.8) is 0 Å². The Balaban J connectivity index is 1.64. The molecule has 1 fully saturated rings. The zero-order chi connectivity index (χ0) is 15.9. The van der Waals surface area contributed by atoms with Gasteiger partial charge in [0, 0.05) is 23.8 Å². The molecule has 1 atom stereocenters. The predicted molar refractivity (Wildman–Crippen MR) is 99.9 cm³/mol. The third-order valence-corrected chi connectivity index (χ3v) is 4.76. The number of nitrogens with one attached hydrogen (secondary N) is 2. The van der Waals surface area contributed by atoms with E-state index >= 15 is 0 Å². The number of benzene rings is 1. The summed E-state index contributed by atoms with van der Waals surface area (Å²) < 4.78 is 0. The van der Waals surface area contributed by atoms with Crippen molar-refractivity contribution in [3.05, 3.63) is 28.8 Å². The van der Waals surface area contributed by atoms with E-state index in [1.165, 1.54) is 25.9 Å². The van der Waals surface area contributed by atoms with Crippen molar-refractivity contribution in [2.24, 2.45) is 5.92 Å². The molecule has 1 aliphatic rings. The molecule has 1 aromatic rings. The van der Waals surface area contributed by atoms with Crippen molar-refractivity contribution in [2.75, 3.05) is 31.5 Å². The molecule has 1 aromatic carbocycles. The summed E-state index contributed by atoms with van der Waals surface area (Å²) in [6, 6.07) is 5.88. The molecular formula is C17H26ClN3S. The van der Waals surface area contributed by atoms with Gasteiger partial charge >= 0.3 is 0 Å². The molecule has 2 rings (SSSR count). The molecule has 22 heavy (non-hydrogen) atoms. The molecule has 122 valence electrons. The van der Waals surface area contributed by atoms with E-state index in [0.29, 0.717) is 5.11 Å². The number of anilines is 1. The van der Waals surface area contributed by atoms with Crippen molar-refractivity contribution in [3.8, 4) is 0 Å². The second-order valence-corrected chi connectivity index (χ2v) is 7.06. The molecule has 1 aliphatic heterocycles. The maximum absolute atomic E-state index is 6.11. The van der Waals surface area contributed by atoms with Gasteiger partial charge in [0.25, 0.3) is 0 Å². The number of hydrogen-bond donors (Lipinski definition) is 2. The minimum atomic E-state index is 0.659. The lowest BCUT2D eigenvalue weighted by molar-refractivity contribution is 0.182. The Hall–Kier alpha value is -0.840. The minimum absolute atomic E-state index is 0.659. The summed E-state index contributed by atoms with van der Waals surface area (Å²) in [7, 11) is 0. The quantitative estimate of drug-likeness (QED) is 0.625. The molecule has 2 N–H and O–H groups in total. The van der Waals surface area contributed by atoms with Gasteiger partial charge in [-0.15, -0.1) is 0 Å². The van der Waals surface area contributed by atoms with Crippen molar-refractivity contribution in [1.29, 1.82) is 0 Å². The van der Waals surface area contributed by atoms with Gasteiger partial charge in [0.1, 0.15) is 0 Å². The van der Waals surface area contributed by atoms with Crippen LogP contribution in [-0.2, 0) is 0 Å². The number of hydrogen-bond acceptors (Lipinski definition) is 2. The molecule has 1 saturated heterocycles. The molecule has 5 heteroatoms. The SMILES string of the molecule is Cc1ccc(NC(=S)NCCCN2CCC[C@H](C)C2)cc1Cl. The molecule has 0 saturated carbocycles. The van der Waals surface area contributed by atoms with Crippen LogP contribution in [0.4, 0.5) is 5.69 Å². The third-order valence-electron chi connectivity index (χ3n) is 4.11. The summed E-state index contributed by atoms with van der Waals surface area (Å²) in [6.45, 7) is 8.87. The fourth-order valence-corrected chi connectivity index (χ4v) is 3.24. The van der Waals surface area contributed by atoms with E-state index in [4.69, 9.17) is 23.8 Å². The highest BCUT2D eigenvalue weighted by Crippen LogP contribution is 2.19. The zero-order valence-electron chi connectivity index (χ0n) is 13.5. The maximum atomic E-state index is 6.11. The van der Waals surface area contributed by atoms with Crippen LogP contribution in [0.15, 0.2) is 18.2 Å². The smallest absolute Gasteiger partial charge is 0.170 e. The highest BCUT2D eigenvalue weighted by atomic mass is 35.5. The molecule has 0 radical (unpaired) electrons. The van der Waals surface area contributed by atoms with Crippen LogP contribution in [0.2, 0.25) is 5.02 Å². The van der Waals surface area contributed by atoms with Crippen LogP contribution < -0.4 is 10.6 Å². The van der Waals surface area contributed by atoms with Gasteiger partial charge in [-0.25, -0.2) is 0 Å². The first-order chi connectivity index (χ1) is 10.5. The van der Waals surface area contributed by atoms with Gasteiger partial charge in [0.2, 0.25) is 0 Å². The topological polar surface area (TPSA) is 27.3 Å². The standard InChI is InChI=1S/C17H26ClN3S/c1-13-5-3-9-21(12-13)10-4-8-19-17(22)20-15-7-6-14(2)16(18)11-15/h6-7,11,13H,3-5,8-10,12H2,1-2H3,(H2,19,20,22)/t13-/m0/s1. The van der Waals surface area contributed by atoms with E-state index in [9.17, 15) is 0 Å². The fraction of sp³-hybridized carbons (Fsp3) is 0.588. The average Bonchev–Trinajstić information content (AvgIpc) is 2.48. The van der Waals surface area contributed by atoms with Crippen molar-refractivity contribution in [1.82, 2.24) is 10.2 Å². The largest absolute Gasteiger partial charge is 0.362 e. The molecule has 0 unspecified atom stereocenters. The summed E-state index contributed by atoms with van der Waals surface area (Å²) in [4.78, 5) is 2.56. The summed E-state index contributed by atoms with van der Waals surface area (Å²) in [5.74, 6) is 0.843. The molecular weight excluding hydrogens is 314 g/mol. The van der Waals surface area contributed by atoms with Gasteiger partial charge < -0.3 is 15.5 Å². The summed E-state index contributed by atoms with van der Waals surface area (Å²) in [5, 5.41) is 7.86. The van der Waals surface area contributed by atoms with E-state index in [0.717, 1.165) is 41.7 Å². The third kappa shape index (κ3) is 5.75. The number of nitrogens with zero attached hydrogens (tertiary/aromatic N) is 1. The lowest BCUT2D eigenvalue weighted by Crippen LogP contribution is -2.37. The Labute approximate surface area is 144 Å². The summed E-state index contributed by atoms with van der Waals surface area (Å²) in [5.41, 5.74) is 2.00. The summed E-state index contributed by atoms with van der Waals surface area (Å²) in [6.07, 6.45) is 3.83. The number of rotatable bonds is 5. The molecule has 0 aliphatic carbocycles. The Bertz CT molecular complexity index is 507. The van der Waals surface area contributed by atoms with Gasteiger partial charge in [-0.2, -0.15) is 0 Å². The molecule has 0 spiro atoms. The van der Waals surface area contributed by atoms with Gasteiger partial charge in [-0.1, -0.05) is 24.6 Å². The number of halogens is 1. The molecule has 0 bridgehead atoms. The minimum Gasteiger partial charge on any atom is -0.362 e. The Morgan fingerprint density at radius 2 is 2.27 bits per heavy atom. The fourth-order valence-electron chi connectivity index (χ4n) is 2.84. The Morgan fingerprint density at radius 1 is 1.45 bits per heavy atom. The van der Waals surface area contributed by atoms with Crippen molar-refractivity contribution < 1.29 is 0 Å². The van der Waals surface area contributed by atoms with E-state index in [-0.39, 0.29) is 0 Å². The molecule has 0 amide bonds. The number of thiocarbonyl (C=S) groups is 1. The Kier molecular flexibility index (Phi) is 6.93. The van der Waals surface area contributed by atoms with Gasteiger partial charge in [-0.05, 0) is 75.1 Å². The first kappa shape index (κ1) is 17.5. The number of likely N-dealkylation sites (tertiary alicyclic amines) is 1. The molecule has 1 heterocycles. The van der Waals surface area contributed by atoms with E-state index < -0.39 is 0 Å². The van der Waals surface area contributed by atoms with E-state index in [2.05, 4.69) is 22.5 Å². The van der Waals surface area contributed by atoms with E-state index in [1.54, 1.807) is 0 Å². The van der Waals surface area contributed by atoms with Gasteiger partial charge in [0.15, 0.2) is 5.11 Å². The first-order valence-corrected chi connectivity index (χ1v) is 8.86. The van der Waals surface area contributed by atoms with Crippen LogP contribution in [0.3, 0.4) is 0 Å². The monoisotopic (exact) mass is 339 g/mol. The highest BCUT2D eigenvalue weighted by Gasteiger charge is 2.15. The van der Waals surface area contributed by atoms with Crippen LogP contribution in [-0.4, -0.2) is 36.2 Å². The molecule has 0 aromatic heterocycles. The van der Waals surface area contributed by atoms with Crippen LogP contribution >= 0.6 is 23.8 Å². The summed E-state index contributed by atoms with van der Waals surface area (Å²) >= 11 is 11.4. The average molecular weight is 340 g/mol. The van der Waals surface area contributed by atoms with Crippen LogP contribution in [0.25, 0.3) is 0 Å². The van der Waals surface area contributed by atoms with Gasteiger partial charge in [0.05, 0.1) is 0 Å². The zero-order valence-corrected chi connectivity index (χ0v) is 15.1. The predicted octanol–water partition coefficient (Wildman–Crippen LogP) is 4.06. The highest BCUT2D eigenvalue weighted by molar-refractivity contribution is 7.80. The lowest BCUT2D eigenvalue weighted by Gasteiger charge is -2.30. The van der Waals surface area contributed by atoms with E-state index in [1.807, 2.05) is 25.1 Å². The normalized spacial score (nSPS) is 19.0. The molecule has 3 nitrogen and oxygen atoms in total. The number of aryl methyl sites for hydroxylation is 1. The van der Waals surface area contributed by atoms with Crippen molar-refractivity contribution in [2.45, 2.75) is 33.1 Å². The maximum Gasteiger partial charge on any atom is 0.170 e. The van der Waals surface area contributed by atoms with Crippen molar-refractivity contribution >= 4 is 34.6 Å². The number of piperidine rings is 1. The van der Waals surface area contributed by atoms with Crippen LogP contribution in [0, 0.1) is 12.8 Å². The van der Waals surface area contributed by atoms with Crippen LogP contribution in [0.1, 0.15) is 31.7 Å². The van der Waals surface area contributed by atoms with Gasteiger partial charge in [-0.3, -0.25) is 0 Å². The second kappa shape index (κ2) is 8.70. The first-order valence-electron chi connectivity index (χ1n) is 8.08.